The average molecular weight is 610 g/mol. The summed E-state index contributed by atoms with van der Waals surface area (Å²) in [5.74, 6) is 1.98. The van der Waals surface area contributed by atoms with Crippen molar-refractivity contribution < 1.29 is 0 Å². The molecule has 46 heavy (non-hydrogen) atoms. The summed E-state index contributed by atoms with van der Waals surface area (Å²) in [5.41, 5.74) is 10.3. The molecule has 6 aromatic carbocycles. The molecule has 0 radical (unpaired) electrons. The molecule has 0 aliphatic carbocycles. The Morgan fingerprint density at radius 3 is 1.46 bits per heavy atom. The van der Waals surface area contributed by atoms with Crippen LogP contribution in [0.4, 0.5) is 0 Å². The van der Waals surface area contributed by atoms with Crippen molar-refractivity contribution in [3.8, 4) is 56.4 Å². The third kappa shape index (κ3) is 5.21. The fraction of sp³-hybridized carbons (Fsp3) is 0.0714. The van der Waals surface area contributed by atoms with Gasteiger partial charge < -0.3 is 0 Å². The number of fused-ring (bicyclic) bond motifs is 2. The molecule has 0 unspecified atom stereocenters. The highest BCUT2D eigenvalue weighted by Crippen LogP contribution is 2.49. The standard InChI is InChI=1S/C42H31N3S/c1-42(2)35-18-9-10-19-37(35)46-38-27-33(24-25-36(38)42)29-22-20-28(21-23-29)32-16-11-17-34(26-32)41-44-39(30-12-5-3-6-13-30)43-40(45-41)31-14-7-4-8-15-31/h3-27H,1-2H3. The Balaban J connectivity index is 1.12. The molecule has 0 bridgehead atoms. The Labute approximate surface area is 274 Å². The summed E-state index contributed by atoms with van der Waals surface area (Å²) in [7, 11) is 0. The van der Waals surface area contributed by atoms with Gasteiger partial charge in [0.05, 0.1) is 0 Å². The van der Waals surface area contributed by atoms with Crippen LogP contribution in [0.3, 0.4) is 0 Å². The highest BCUT2D eigenvalue weighted by molar-refractivity contribution is 7.99. The van der Waals surface area contributed by atoms with Gasteiger partial charge in [0.15, 0.2) is 17.5 Å². The van der Waals surface area contributed by atoms with Crippen molar-refractivity contribution in [2.45, 2.75) is 29.1 Å². The fourth-order valence-corrected chi connectivity index (χ4v) is 7.70. The molecule has 0 saturated heterocycles. The molecule has 0 fully saturated rings. The summed E-state index contributed by atoms with van der Waals surface area (Å²) < 4.78 is 0. The number of rotatable bonds is 5. The normalized spacial score (nSPS) is 13.1. The van der Waals surface area contributed by atoms with Crippen LogP contribution in [0, 0.1) is 0 Å². The van der Waals surface area contributed by atoms with E-state index in [4.69, 9.17) is 15.0 Å². The largest absolute Gasteiger partial charge is 0.208 e. The minimum atomic E-state index is -0.0210. The first-order valence-corrected chi connectivity index (χ1v) is 16.3. The van der Waals surface area contributed by atoms with E-state index in [0.29, 0.717) is 17.5 Å². The first-order chi connectivity index (χ1) is 22.5. The number of nitrogens with zero attached hydrogens (tertiary/aromatic N) is 3. The van der Waals surface area contributed by atoms with Crippen LogP contribution in [0.1, 0.15) is 25.0 Å². The van der Waals surface area contributed by atoms with Crippen molar-refractivity contribution in [1.82, 2.24) is 15.0 Å². The Hall–Kier alpha value is -5.32. The van der Waals surface area contributed by atoms with Gasteiger partial charge in [-0.15, -0.1) is 0 Å². The van der Waals surface area contributed by atoms with Crippen molar-refractivity contribution in [3.05, 3.63) is 163 Å². The topological polar surface area (TPSA) is 38.7 Å². The van der Waals surface area contributed by atoms with E-state index in [2.05, 4.69) is 105 Å². The van der Waals surface area contributed by atoms with E-state index in [1.165, 1.54) is 32.0 Å². The SMILES string of the molecule is CC1(C)c2ccccc2Sc2cc(-c3ccc(-c4cccc(-c5nc(-c6ccccc6)nc(-c6ccccc6)n5)c4)cc3)ccc21. The molecule has 4 heteroatoms. The highest BCUT2D eigenvalue weighted by atomic mass is 32.2. The molecule has 8 rings (SSSR count). The monoisotopic (exact) mass is 609 g/mol. The van der Waals surface area contributed by atoms with Gasteiger partial charge in [0.1, 0.15) is 0 Å². The Kier molecular flexibility index (Phi) is 7.08. The maximum Gasteiger partial charge on any atom is 0.164 e. The minimum absolute atomic E-state index is 0.0210. The lowest BCUT2D eigenvalue weighted by Crippen LogP contribution is -2.23. The van der Waals surface area contributed by atoms with Gasteiger partial charge in [-0.25, -0.2) is 15.0 Å². The molecule has 1 aromatic heterocycles. The summed E-state index contributed by atoms with van der Waals surface area (Å²) in [5, 5.41) is 0. The second-order valence-corrected chi connectivity index (χ2v) is 13.2. The molecule has 220 valence electrons. The first-order valence-electron chi connectivity index (χ1n) is 15.5. The molecule has 7 aromatic rings. The molecule has 1 aliphatic heterocycles. The van der Waals surface area contributed by atoms with Gasteiger partial charge >= 0.3 is 0 Å². The number of hydrogen-bond donors (Lipinski definition) is 0. The molecular formula is C42H31N3S. The minimum Gasteiger partial charge on any atom is -0.208 e. The Bertz CT molecular complexity index is 2130. The van der Waals surface area contributed by atoms with Crippen molar-refractivity contribution in [3.63, 3.8) is 0 Å². The number of benzene rings is 6. The van der Waals surface area contributed by atoms with Crippen LogP contribution < -0.4 is 0 Å². The van der Waals surface area contributed by atoms with Crippen molar-refractivity contribution in [1.29, 1.82) is 0 Å². The lowest BCUT2D eigenvalue weighted by Gasteiger charge is -2.34. The molecule has 3 nitrogen and oxygen atoms in total. The van der Waals surface area contributed by atoms with Gasteiger partial charge in [-0.1, -0.05) is 159 Å². The summed E-state index contributed by atoms with van der Waals surface area (Å²) >= 11 is 1.88. The number of hydrogen-bond acceptors (Lipinski definition) is 4. The van der Waals surface area contributed by atoms with Crippen molar-refractivity contribution >= 4 is 11.8 Å². The van der Waals surface area contributed by atoms with Crippen LogP contribution in [0.25, 0.3) is 56.4 Å². The summed E-state index contributed by atoms with van der Waals surface area (Å²) in [6.07, 6.45) is 0. The van der Waals surface area contributed by atoms with E-state index in [-0.39, 0.29) is 5.41 Å². The second kappa shape index (κ2) is 11.6. The van der Waals surface area contributed by atoms with Crippen LogP contribution in [-0.2, 0) is 5.41 Å². The van der Waals surface area contributed by atoms with E-state index < -0.39 is 0 Å². The fourth-order valence-electron chi connectivity index (χ4n) is 6.27. The summed E-state index contributed by atoms with van der Waals surface area (Å²) in [4.78, 5) is 17.4. The molecular weight excluding hydrogens is 579 g/mol. The molecule has 2 heterocycles. The molecule has 0 amide bonds. The summed E-state index contributed by atoms with van der Waals surface area (Å²) in [6.45, 7) is 4.66. The highest BCUT2D eigenvalue weighted by Gasteiger charge is 2.32. The van der Waals surface area contributed by atoms with Crippen LogP contribution in [0.2, 0.25) is 0 Å². The van der Waals surface area contributed by atoms with Crippen LogP contribution >= 0.6 is 11.8 Å². The van der Waals surface area contributed by atoms with Gasteiger partial charge in [-0.3, -0.25) is 0 Å². The average Bonchev–Trinajstić information content (AvgIpc) is 3.12. The van der Waals surface area contributed by atoms with E-state index in [9.17, 15) is 0 Å². The smallest absolute Gasteiger partial charge is 0.164 e. The predicted octanol–water partition coefficient (Wildman–Crippen LogP) is 11.0. The third-order valence-electron chi connectivity index (χ3n) is 8.81. The van der Waals surface area contributed by atoms with Gasteiger partial charge in [0.2, 0.25) is 0 Å². The van der Waals surface area contributed by atoms with E-state index in [1.807, 2.05) is 72.4 Å². The molecule has 0 spiro atoms. The molecule has 0 saturated carbocycles. The lowest BCUT2D eigenvalue weighted by atomic mass is 9.77. The van der Waals surface area contributed by atoms with Crippen molar-refractivity contribution in [2.24, 2.45) is 0 Å². The van der Waals surface area contributed by atoms with Gasteiger partial charge in [0, 0.05) is 31.9 Å². The number of aromatic nitrogens is 3. The zero-order valence-electron chi connectivity index (χ0n) is 25.7. The van der Waals surface area contributed by atoms with Crippen LogP contribution in [0.15, 0.2) is 161 Å². The quantitative estimate of drug-likeness (QED) is 0.195. The van der Waals surface area contributed by atoms with Gasteiger partial charge in [0.25, 0.3) is 0 Å². The van der Waals surface area contributed by atoms with Crippen LogP contribution in [-0.4, -0.2) is 15.0 Å². The van der Waals surface area contributed by atoms with E-state index in [0.717, 1.165) is 27.8 Å². The zero-order valence-corrected chi connectivity index (χ0v) is 26.5. The molecule has 0 atom stereocenters. The third-order valence-corrected chi connectivity index (χ3v) is 9.94. The van der Waals surface area contributed by atoms with E-state index >= 15 is 0 Å². The molecule has 1 aliphatic rings. The predicted molar refractivity (Wildman–Crippen MR) is 190 cm³/mol. The zero-order chi connectivity index (χ0) is 31.1. The first kappa shape index (κ1) is 28.2. The maximum absolute atomic E-state index is 4.92. The van der Waals surface area contributed by atoms with Crippen LogP contribution in [0.5, 0.6) is 0 Å². The Morgan fingerprint density at radius 1 is 0.370 bits per heavy atom. The van der Waals surface area contributed by atoms with E-state index in [1.54, 1.807) is 0 Å². The van der Waals surface area contributed by atoms with Gasteiger partial charge in [-0.05, 0) is 51.6 Å². The maximum atomic E-state index is 4.92. The second-order valence-electron chi connectivity index (χ2n) is 12.1. The summed E-state index contributed by atoms with van der Waals surface area (Å²) in [6, 6.07) is 53.2. The molecule has 0 N–H and O–H groups in total. The van der Waals surface area contributed by atoms with Crippen molar-refractivity contribution in [2.75, 3.05) is 0 Å². The van der Waals surface area contributed by atoms with Gasteiger partial charge in [-0.2, -0.15) is 0 Å². The lowest BCUT2D eigenvalue weighted by molar-refractivity contribution is 0.607. The Morgan fingerprint density at radius 2 is 0.826 bits per heavy atom.